The topological polar surface area (TPSA) is 59.2 Å². The van der Waals surface area contributed by atoms with E-state index in [9.17, 15) is 4.79 Å². The Bertz CT molecular complexity index is 449. The van der Waals surface area contributed by atoms with Crippen molar-refractivity contribution >= 4 is 22.4 Å². The standard InChI is InChI=1S/C13H19N3OS/c1-3-8-16(10-6-4-5-7-10)12(17)11-9(2)15-13(14)18-11/h3,10H,1,4-8H2,2H3,(H2,14,15). The van der Waals surface area contributed by atoms with Crippen LogP contribution >= 0.6 is 11.3 Å². The summed E-state index contributed by atoms with van der Waals surface area (Å²) in [4.78, 5) is 19.3. The molecule has 98 valence electrons. The first-order valence-electron chi connectivity index (χ1n) is 6.28. The highest BCUT2D eigenvalue weighted by Gasteiger charge is 2.28. The van der Waals surface area contributed by atoms with Crippen LogP contribution in [-0.4, -0.2) is 28.4 Å². The lowest BCUT2D eigenvalue weighted by Gasteiger charge is -2.27. The van der Waals surface area contributed by atoms with Gasteiger partial charge in [0.05, 0.1) is 5.69 Å². The van der Waals surface area contributed by atoms with E-state index in [0.717, 1.165) is 18.5 Å². The summed E-state index contributed by atoms with van der Waals surface area (Å²) in [5, 5.41) is 0.459. The van der Waals surface area contributed by atoms with Crippen LogP contribution < -0.4 is 5.73 Å². The molecule has 1 aromatic heterocycles. The molecule has 0 saturated heterocycles. The van der Waals surface area contributed by atoms with E-state index >= 15 is 0 Å². The predicted octanol–water partition coefficient (Wildman–Crippen LogP) is 2.60. The molecule has 1 aliphatic carbocycles. The number of hydrogen-bond acceptors (Lipinski definition) is 4. The van der Waals surface area contributed by atoms with Crippen molar-refractivity contribution in [1.29, 1.82) is 0 Å². The first kappa shape index (κ1) is 13.1. The van der Waals surface area contributed by atoms with Gasteiger partial charge in [0.2, 0.25) is 0 Å². The van der Waals surface area contributed by atoms with E-state index in [2.05, 4.69) is 11.6 Å². The number of nitrogens with zero attached hydrogens (tertiary/aromatic N) is 2. The number of nitrogens with two attached hydrogens (primary N) is 1. The molecule has 5 heteroatoms. The Kier molecular flexibility index (Phi) is 4.01. The van der Waals surface area contributed by atoms with Gasteiger partial charge >= 0.3 is 0 Å². The van der Waals surface area contributed by atoms with E-state index < -0.39 is 0 Å². The molecule has 4 nitrogen and oxygen atoms in total. The van der Waals surface area contributed by atoms with Gasteiger partial charge in [0.1, 0.15) is 4.88 Å². The van der Waals surface area contributed by atoms with Crippen molar-refractivity contribution in [2.24, 2.45) is 0 Å². The Balaban J connectivity index is 2.22. The lowest BCUT2D eigenvalue weighted by molar-refractivity contribution is 0.0710. The molecule has 0 spiro atoms. The molecule has 2 N–H and O–H groups in total. The number of carbonyl (C=O) groups is 1. The molecule has 0 atom stereocenters. The summed E-state index contributed by atoms with van der Waals surface area (Å²) in [6.45, 7) is 6.18. The zero-order valence-corrected chi connectivity index (χ0v) is 11.5. The predicted molar refractivity (Wildman–Crippen MR) is 74.8 cm³/mol. The van der Waals surface area contributed by atoms with Crippen molar-refractivity contribution in [3.8, 4) is 0 Å². The zero-order valence-electron chi connectivity index (χ0n) is 10.7. The maximum Gasteiger partial charge on any atom is 0.266 e. The minimum Gasteiger partial charge on any atom is -0.375 e. The van der Waals surface area contributed by atoms with Gasteiger partial charge < -0.3 is 10.6 Å². The number of amides is 1. The molecule has 18 heavy (non-hydrogen) atoms. The first-order valence-corrected chi connectivity index (χ1v) is 7.10. The summed E-state index contributed by atoms with van der Waals surface area (Å²) >= 11 is 1.28. The average Bonchev–Trinajstić information content (AvgIpc) is 2.95. The molecule has 0 bridgehead atoms. The van der Waals surface area contributed by atoms with E-state index in [1.54, 1.807) is 6.08 Å². The van der Waals surface area contributed by atoms with Crippen molar-refractivity contribution in [2.45, 2.75) is 38.6 Å². The summed E-state index contributed by atoms with van der Waals surface area (Å²) in [6, 6.07) is 0.346. The molecule has 1 aromatic rings. The molecular weight excluding hydrogens is 246 g/mol. The fourth-order valence-electron chi connectivity index (χ4n) is 2.50. The molecule has 0 radical (unpaired) electrons. The van der Waals surface area contributed by atoms with Crippen LogP contribution in [0.5, 0.6) is 0 Å². The zero-order chi connectivity index (χ0) is 13.1. The van der Waals surface area contributed by atoms with Gasteiger partial charge in [-0.25, -0.2) is 4.98 Å². The van der Waals surface area contributed by atoms with Gasteiger partial charge in [-0.05, 0) is 19.8 Å². The average molecular weight is 265 g/mol. The van der Waals surface area contributed by atoms with Gasteiger partial charge in [-0.1, -0.05) is 30.3 Å². The summed E-state index contributed by atoms with van der Waals surface area (Å²) < 4.78 is 0. The Morgan fingerprint density at radius 3 is 2.78 bits per heavy atom. The number of thiazole rings is 1. The van der Waals surface area contributed by atoms with Crippen molar-refractivity contribution in [1.82, 2.24) is 9.88 Å². The van der Waals surface area contributed by atoms with Crippen LogP contribution in [0.1, 0.15) is 41.0 Å². The summed E-state index contributed by atoms with van der Waals surface area (Å²) in [5.74, 6) is 0.0495. The van der Waals surface area contributed by atoms with Gasteiger partial charge in [0.25, 0.3) is 5.91 Å². The van der Waals surface area contributed by atoms with Crippen LogP contribution in [0.25, 0.3) is 0 Å². The van der Waals surface area contributed by atoms with Gasteiger partial charge in [-0.3, -0.25) is 4.79 Å². The van der Waals surface area contributed by atoms with E-state index in [1.165, 1.54) is 24.2 Å². The van der Waals surface area contributed by atoms with Gasteiger partial charge in [-0.15, -0.1) is 6.58 Å². The Labute approximate surface area is 112 Å². The molecule has 1 aliphatic rings. The third kappa shape index (κ3) is 2.56. The molecule has 0 aliphatic heterocycles. The molecular formula is C13H19N3OS. The number of carbonyl (C=O) groups excluding carboxylic acids is 1. The van der Waals surface area contributed by atoms with Gasteiger partial charge in [0.15, 0.2) is 5.13 Å². The fourth-order valence-corrected chi connectivity index (χ4v) is 3.29. The van der Waals surface area contributed by atoms with Crippen LogP contribution in [-0.2, 0) is 0 Å². The number of nitrogen functional groups attached to an aromatic ring is 1. The van der Waals surface area contributed by atoms with Crippen LogP contribution in [0.2, 0.25) is 0 Å². The number of hydrogen-bond donors (Lipinski definition) is 1. The number of aromatic nitrogens is 1. The lowest BCUT2D eigenvalue weighted by atomic mass is 10.2. The number of rotatable bonds is 4. The van der Waals surface area contributed by atoms with E-state index in [0.29, 0.717) is 22.6 Å². The highest BCUT2D eigenvalue weighted by molar-refractivity contribution is 7.17. The minimum absolute atomic E-state index is 0.0495. The van der Waals surface area contributed by atoms with Crippen LogP contribution in [0.15, 0.2) is 12.7 Å². The summed E-state index contributed by atoms with van der Waals surface area (Å²) in [5.41, 5.74) is 6.39. The number of anilines is 1. The molecule has 0 aromatic carbocycles. The third-order valence-electron chi connectivity index (χ3n) is 3.36. The van der Waals surface area contributed by atoms with Crippen molar-refractivity contribution in [3.63, 3.8) is 0 Å². The lowest BCUT2D eigenvalue weighted by Crippen LogP contribution is -2.38. The molecule has 1 fully saturated rings. The second kappa shape index (κ2) is 5.52. The third-order valence-corrected chi connectivity index (χ3v) is 4.33. The summed E-state index contributed by atoms with van der Waals surface area (Å²) in [6.07, 6.45) is 6.38. The fraction of sp³-hybridized carbons (Fsp3) is 0.538. The first-order chi connectivity index (χ1) is 8.63. The van der Waals surface area contributed by atoms with Gasteiger partial charge in [-0.2, -0.15) is 0 Å². The molecule has 2 rings (SSSR count). The van der Waals surface area contributed by atoms with Crippen molar-refractivity contribution in [2.75, 3.05) is 12.3 Å². The second-order valence-corrected chi connectivity index (χ2v) is 5.68. The molecule has 1 heterocycles. The van der Waals surface area contributed by atoms with Gasteiger partial charge in [0, 0.05) is 12.6 Å². The Morgan fingerprint density at radius 2 is 2.28 bits per heavy atom. The summed E-state index contributed by atoms with van der Waals surface area (Å²) in [7, 11) is 0. The molecule has 1 amide bonds. The highest BCUT2D eigenvalue weighted by Crippen LogP contribution is 2.28. The maximum atomic E-state index is 12.5. The highest BCUT2D eigenvalue weighted by atomic mass is 32.1. The number of aryl methyl sites for hydroxylation is 1. The van der Waals surface area contributed by atoms with Crippen molar-refractivity contribution in [3.05, 3.63) is 23.2 Å². The van der Waals surface area contributed by atoms with Crippen LogP contribution in [0.3, 0.4) is 0 Å². The second-order valence-electron chi connectivity index (χ2n) is 4.65. The SMILES string of the molecule is C=CCN(C(=O)c1sc(N)nc1C)C1CCCC1. The largest absolute Gasteiger partial charge is 0.375 e. The molecule has 0 unspecified atom stereocenters. The minimum atomic E-state index is 0.0495. The Morgan fingerprint density at radius 1 is 1.61 bits per heavy atom. The smallest absolute Gasteiger partial charge is 0.266 e. The van der Waals surface area contributed by atoms with Crippen molar-refractivity contribution < 1.29 is 4.79 Å². The van der Waals surface area contributed by atoms with E-state index in [-0.39, 0.29) is 5.91 Å². The quantitative estimate of drug-likeness (QED) is 0.851. The van der Waals surface area contributed by atoms with E-state index in [1.807, 2.05) is 11.8 Å². The monoisotopic (exact) mass is 265 g/mol. The van der Waals surface area contributed by atoms with E-state index in [4.69, 9.17) is 5.73 Å². The van der Waals surface area contributed by atoms with Crippen LogP contribution in [0, 0.1) is 6.92 Å². The Hall–Kier alpha value is -1.36. The van der Waals surface area contributed by atoms with Crippen LogP contribution in [0.4, 0.5) is 5.13 Å². The molecule has 1 saturated carbocycles. The normalized spacial score (nSPS) is 15.8. The maximum absolute atomic E-state index is 12.5.